The van der Waals surface area contributed by atoms with Crippen LogP contribution in [0.3, 0.4) is 0 Å². The Morgan fingerprint density at radius 2 is 1.50 bits per heavy atom. The Hall–Kier alpha value is -3.55. The van der Waals surface area contributed by atoms with E-state index in [4.69, 9.17) is 4.74 Å². The van der Waals surface area contributed by atoms with Crippen LogP contribution in [0, 0.1) is 0 Å². The van der Waals surface area contributed by atoms with Gasteiger partial charge in [-0.1, -0.05) is 18.2 Å². The van der Waals surface area contributed by atoms with E-state index < -0.39 is 41.5 Å². The number of halogens is 6. The topological polar surface area (TPSA) is 90.4 Å². The second-order valence-corrected chi connectivity index (χ2v) is 8.33. The molecule has 34 heavy (non-hydrogen) atoms. The largest absolute Gasteiger partial charge is 0.484 e. The highest BCUT2D eigenvalue weighted by Gasteiger charge is 2.30. The Morgan fingerprint density at radius 1 is 0.853 bits per heavy atom. The summed E-state index contributed by atoms with van der Waals surface area (Å²) in [5, 5.41) is 0. The number of nitrogens with one attached hydrogen (secondary N) is 1. The van der Waals surface area contributed by atoms with Crippen molar-refractivity contribution in [2.24, 2.45) is 0 Å². The number of rotatable bonds is 8. The molecule has 0 aliphatic heterocycles. The number of sulfonamides is 1. The van der Waals surface area contributed by atoms with Crippen molar-refractivity contribution in [3.8, 4) is 22.8 Å². The minimum absolute atomic E-state index is 0.0965. The van der Waals surface area contributed by atoms with E-state index in [9.17, 15) is 34.8 Å². The van der Waals surface area contributed by atoms with Crippen LogP contribution in [0.2, 0.25) is 0 Å². The van der Waals surface area contributed by atoms with Crippen molar-refractivity contribution >= 4 is 16.0 Å². The van der Waals surface area contributed by atoms with Gasteiger partial charge in [0.25, 0.3) is 10.0 Å². The normalized spacial score (nSPS) is 12.3. The van der Waals surface area contributed by atoms with Crippen molar-refractivity contribution in [1.29, 1.82) is 0 Å². The van der Waals surface area contributed by atoms with Gasteiger partial charge in [0, 0.05) is 11.8 Å². The molecule has 14 heteroatoms. The standard InChI is InChI=1S/C20H15F6N3O4S/c21-19(22,23)11-32-13-6-7-17(33-12-20(24,25)26)15(10-13)16-8-9-27-18(28-16)29-34(30,31)14-4-2-1-3-5-14/h1-10H,11-12H2,(H,27,28,29). The first-order valence-corrected chi connectivity index (χ1v) is 10.8. The predicted octanol–water partition coefficient (Wildman–Crippen LogP) is 4.83. The van der Waals surface area contributed by atoms with Gasteiger partial charge >= 0.3 is 12.4 Å². The third-order valence-electron chi connectivity index (χ3n) is 3.96. The first kappa shape index (κ1) is 25.1. The lowest BCUT2D eigenvalue weighted by Gasteiger charge is -2.16. The van der Waals surface area contributed by atoms with E-state index in [0.717, 1.165) is 24.4 Å². The van der Waals surface area contributed by atoms with E-state index in [0.29, 0.717) is 0 Å². The molecule has 0 unspecified atom stereocenters. The van der Waals surface area contributed by atoms with Gasteiger partial charge in [-0.3, -0.25) is 0 Å². The molecular weight excluding hydrogens is 492 g/mol. The highest BCUT2D eigenvalue weighted by Crippen LogP contribution is 2.34. The summed E-state index contributed by atoms with van der Waals surface area (Å²) in [4.78, 5) is 7.65. The quantitative estimate of drug-likeness (QED) is 0.440. The third kappa shape index (κ3) is 7.23. The van der Waals surface area contributed by atoms with Crippen molar-refractivity contribution in [2.75, 3.05) is 17.9 Å². The highest BCUT2D eigenvalue weighted by atomic mass is 32.2. The third-order valence-corrected chi connectivity index (χ3v) is 5.30. The molecule has 0 radical (unpaired) electrons. The molecule has 0 bridgehead atoms. The molecule has 1 aromatic heterocycles. The van der Waals surface area contributed by atoms with Crippen molar-refractivity contribution in [3.05, 3.63) is 60.8 Å². The summed E-state index contributed by atoms with van der Waals surface area (Å²) in [6.45, 7) is -3.32. The van der Waals surface area contributed by atoms with Crippen LogP contribution in [0.25, 0.3) is 11.3 Å². The van der Waals surface area contributed by atoms with Crippen molar-refractivity contribution in [2.45, 2.75) is 17.2 Å². The van der Waals surface area contributed by atoms with Gasteiger partial charge in [0.1, 0.15) is 11.5 Å². The fourth-order valence-corrected chi connectivity index (χ4v) is 3.56. The van der Waals surface area contributed by atoms with Gasteiger partial charge in [-0.25, -0.2) is 23.1 Å². The SMILES string of the molecule is O=S(=O)(Nc1nccc(-c2cc(OCC(F)(F)F)ccc2OCC(F)(F)F)n1)c1ccccc1. The highest BCUT2D eigenvalue weighted by molar-refractivity contribution is 7.92. The molecule has 0 spiro atoms. The Balaban J connectivity index is 1.95. The number of nitrogens with zero attached hydrogens (tertiary/aromatic N) is 2. The molecule has 0 aliphatic rings. The molecule has 2 aromatic carbocycles. The number of benzene rings is 2. The summed E-state index contributed by atoms with van der Waals surface area (Å²) < 4.78 is 112. The molecule has 3 rings (SSSR count). The van der Waals surface area contributed by atoms with E-state index >= 15 is 0 Å². The Bertz CT molecular complexity index is 1240. The number of hydrogen-bond acceptors (Lipinski definition) is 6. The lowest BCUT2D eigenvalue weighted by Crippen LogP contribution is -2.20. The van der Waals surface area contributed by atoms with Crippen LogP contribution in [0.1, 0.15) is 0 Å². The summed E-state index contributed by atoms with van der Waals surface area (Å²) in [5.41, 5.74) is -0.304. The number of aromatic nitrogens is 2. The van der Waals surface area contributed by atoms with Gasteiger partial charge in [-0.15, -0.1) is 0 Å². The first-order valence-electron chi connectivity index (χ1n) is 9.27. The molecule has 7 nitrogen and oxygen atoms in total. The molecule has 0 amide bonds. The van der Waals surface area contributed by atoms with Gasteiger partial charge in [0.2, 0.25) is 5.95 Å². The molecule has 0 saturated carbocycles. The molecule has 3 aromatic rings. The molecule has 0 saturated heterocycles. The number of hydrogen-bond donors (Lipinski definition) is 1. The van der Waals surface area contributed by atoms with E-state index in [1.165, 1.54) is 30.3 Å². The molecule has 0 atom stereocenters. The Kier molecular flexibility index (Phi) is 7.19. The van der Waals surface area contributed by atoms with E-state index in [2.05, 4.69) is 19.4 Å². The van der Waals surface area contributed by atoms with Crippen LogP contribution in [0.5, 0.6) is 11.5 Å². The summed E-state index contributed by atoms with van der Waals surface area (Å²) in [7, 11) is -4.09. The van der Waals surface area contributed by atoms with E-state index in [1.807, 2.05) is 0 Å². The zero-order valence-corrected chi connectivity index (χ0v) is 17.7. The minimum atomic E-state index is -4.69. The lowest BCUT2D eigenvalue weighted by atomic mass is 10.1. The van der Waals surface area contributed by atoms with Gasteiger partial charge in [-0.05, 0) is 36.4 Å². The van der Waals surface area contributed by atoms with Crippen molar-refractivity contribution in [3.63, 3.8) is 0 Å². The molecule has 0 aliphatic carbocycles. The maximum Gasteiger partial charge on any atom is 0.422 e. The van der Waals surface area contributed by atoms with Crippen LogP contribution < -0.4 is 14.2 Å². The maximum absolute atomic E-state index is 12.6. The average molecular weight is 507 g/mol. The second kappa shape index (κ2) is 9.75. The Labute approximate surface area is 189 Å². The maximum atomic E-state index is 12.6. The number of alkyl halides is 6. The summed E-state index contributed by atoms with van der Waals surface area (Å²) in [6.07, 6.45) is -8.23. The first-order chi connectivity index (χ1) is 15.8. The van der Waals surface area contributed by atoms with Crippen LogP contribution in [0.15, 0.2) is 65.7 Å². The van der Waals surface area contributed by atoms with Gasteiger partial charge in [0.15, 0.2) is 13.2 Å². The van der Waals surface area contributed by atoms with Gasteiger partial charge in [-0.2, -0.15) is 26.3 Å². The predicted molar refractivity (Wildman–Crippen MR) is 108 cm³/mol. The fourth-order valence-electron chi connectivity index (χ4n) is 2.59. The van der Waals surface area contributed by atoms with Crippen LogP contribution in [-0.2, 0) is 10.0 Å². The number of anilines is 1. The molecule has 182 valence electrons. The van der Waals surface area contributed by atoms with Gasteiger partial charge < -0.3 is 9.47 Å². The smallest absolute Gasteiger partial charge is 0.422 e. The Morgan fingerprint density at radius 3 is 2.15 bits per heavy atom. The summed E-state index contributed by atoms with van der Waals surface area (Å²) in [5.74, 6) is -1.12. The van der Waals surface area contributed by atoms with E-state index in [-0.39, 0.29) is 27.7 Å². The fraction of sp³-hybridized carbons (Fsp3) is 0.200. The van der Waals surface area contributed by atoms with Crippen molar-refractivity contribution < 1.29 is 44.2 Å². The molecule has 1 N–H and O–H groups in total. The van der Waals surface area contributed by atoms with Crippen LogP contribution >= 0.6 is 0 Å². The zero-order chi connectivity index (χ0) is 25.0. The second-order valence-electron chi connectivity index (χ2n) is 6.65. The van der Waals surface area contributed by atoms with Gasteiger partial charge in [0.05, 0.1) is 10.6 Å². The minimum Gasteiger partial charge on any atom is -0.484 e. The average Bonchev–Trinajstić information content (AvgIpc) is 2.76. The lowest BCUT2D eigenvalue weighted by molar-refractivity contribution is -0.154. The summed E-state index contributed by atoms with van der Waals surface area (Å²) in [6, 6.07) is 11.4. The van der Waals surface area contributed by atoms with Crippen LogP contribution in [0.4, 0.5) is 32.3 Å². The molecule has 1 heterocycles. The number of ether oxygens (including phenoxy) is 2. The summed E-state index contributed by atoms with van der Waals surface area (Å²) >= 11 is 0. The van der Waals surface area contributed by atoms with E-state index in [1.54, 1.807) is 6.07 Å². The molecule has 0 fully saturated rings. The monoisotopic (exact) mass is 507 g/mol. The zero-order valence-electron chi connectivity index (χ0n) is 16.9. The molecular formula is C20H15F6N3O4S. The van der Waals surface area contributed by atoms with Crippen molar-refractivity contribution in [1.82, 2.24) is 9.97 Å². The van der Waals surface area contributed by atoms with Crippen LogP contribution in [-0.4, -0.2) is 44.0 Å².